The van der Waals surface area contributed by atoms with E-state index < -0.39 is 5.54 Å². The number of nitrogens with zero attached hydrogens (tertiary/aromatic N) is 1. The molecule has 0 bridgehead atoms. The second-order valence-corrected chi connectivity index (χ2v) is 5.23. The van der Waals surface area contributed by atoms with Crippen molar-refractivity contribution in [2.24, 2.45) is 0 Å². The molecule has 6 heteroatoms. The number of urea groups is 1. The molecule has 2 aliphatic heterocycles. The number of carbonyl (C=O) groups is 2. The van der Waals surface area contributed by atoms with Crippen molar-refractivity contribution in [1.82, 2.24) is 10.6 Å². The van der Waals surface area contributed by atoms with Crippen molar-refractivity contribution in [3.63, 3.8) is 0 Å². The van der Waals surface area contributed by atoms with Crippen LogP contribution in [0.4, 0.5) is 10.5 Å². The van der Waals surface area contributed by atoms with Gasteiger partial charge in [-0.25, -0.2) is 4.79 Å². The second-order valence-electron chi connectivity index (χ2n) is 4.83. The molecule has 2 N–H and O–H groups in total. The van der Waals surface area contributed by atoms with Crippen LogP contribution in [0.5, 0.6) is 0 Å². The number of hydrogen-bond acceptors (Lipinski definition) is 3. The van der Waals surface area contributed by atoms with Crippen molar-refractivity contribution in [2.45, 2.75) is 18.4 Å². The predicted octanol–water partition coefficient (Wildman–Crippen LogP) is 1.52. The molecule has 100 valence electrons. The SMILES string of the molecule is O=C1NC(=O)C2(CCNCC2)N1c1ccccc1Cl. The first kappa shape index (κ1) is 12.4. The molecule has 5 nitrogen and oxygen atoms in total. The van der Waals surface area contributed by atoms with Crippen molar-refractivity contribution < 1.29 is 9.59 Å². The normalized spacial score (nSPS) is 21.8. The van der Waals surface area contributed by atoms with Crippen molar-refractivity contribution in [2.75, 3.05) is 18.0 Å². The van der Waals surface area contributed by atoms with Crippen LogP contribution in [0.2, 0.25) is 5.02 Å². The van der Waals surface area contributed by atoms with Gasteiger partial charge in [0.1, 0.15) is 5.54 Å². The summed E-state index contributed by atoms with van der Waals surface area (Å²) in [5, 5.41) is 6.10. The van der Waals surface area contributed by atoms with E-state index in [1.165, 1.54) is 4.90 Å². The Hall–Kier alpha value is -1.59. The summed E-state index contributed by atoms with van der Waals surface area (Å²) >= 11 is 6.17. The number of benzene rings is 1. The molecule has 0 radical (unpaired) electrons. The average Bonchev–Trinajstić information content (AvgIpc) is 2.63. The Morgan fingerprint density at radius 1 is 1.16 bits per heavy atom. The molecule has 1 spiro atoms. The highest BCUT2D eigenvalue weighted by molar-refractivity contribution is 6.34. The smallest absolute Gasteiger partial charge is 0.317 e. The molecule has 2 aliphatic rings. The molecule has 2 saturated heterocycles. The topological polar surface area (TPSA) is 61.4 Å². The van der Waals surface area contributed by atoms with Gasteiger partial charge < -0.3 is 5.32 Å². The molecule has 3 amide bonds. The molecule has 1 aromatic rings. The van der Waals surface area contributed by atoms with Gasteiger partial charge in [0.25, 0.3) is 5.91 Å². The lowest BCUT2D eigenvalue weighted by atomic mass is 9.86. The fourth-order valence-corrected chi connectivity index (χ4v) is 3.05. The summed E-state index contributed by atoms with van der Waals surface area (Å²) in [6.45, 7) is 1.42. The number of piperidine rings is 1. The van der Waals surface area contributed by atoms with E-state index in [0.717, 1.165) is 0 Å². The Bertz CT molecular complexity index is 540. The van der Waals surface area contributed by atoms with Crippen molar-refractivity contribution in [1.29, 1.82) is 0 Å². The Morgan fingerprint density at radius 3 is 2.53 bits per heavy atom. The minimum atomic E-state index is -0.798. The quantitative estimate of drug-likeness (QED) is 0.766. The van der Waals surface area contributed by atoms with Gasteiger partial charge in [-0.05, 0) is 38.1 Å². The number of nitrogens with one attached hydrogen (secondary N) is 2. The highest BCUT2D eigenvalue weighted by atomic mass is 35.5. The van der Waals surface area contributed by atoms with E-state index in [9.17, 15) is 9.59 Å². The minimum Gasteiger partial charge on any atom is -0.317 e. The van der Waals surface area contributed by atoms with Gasteiger partial charge in [-0.2, -0.15) is 0 Å². The van der Waals surface area contributed by atoms with E-state index in [4.69, 9.17) is 11.6 Å². The molecule has 3 rings (SSSR count). The van der Waals surface area contributed by atoms with Gasteiger partial charge in [0.2, 0.25) is 0 Å². The number of halogens is 1. The minimum absolute atomic E-state index is 0.223. The number of hydrogen-bond donors (Lipinski definition) is 2. The highest BCUT2D eigenvalue weighted by Gasteiger charge is 2.54. The second kappa shape index (κ2) is 4.51. The molecule has 2 fully saturated rings. The zero-order chi connectivity index (χ0) is 13.5. The fraction of sp³-hybridized carbons (Fsp3) is 0.385. The zero-order valence-corrected chi connectivity index (χ0v) is 11.0. The first-order valence-electron chi connectivity index (χ1n) is 6.26. The number of rotatable bonds is 1. The molecule has 2 heterocycles. The number of amides is 3. The molecule has 1 aromatic carbocycles. The Balaban J connectivity index is 2.09. The lowest BCUT2D eigenvalue weighted by molar-refractivity contribution is -0.124. The van der Waals surface area contributed by atoms with Gasteiger partial charge in [0, 0.05) is 0 Å². The van der Waals surface area contributed by atoms with Crippen LogP contribution >= 0.6 is 11.6 Å². The maximum atomic E-state index is 12.2. The Morgan fingerprint density at radius 2 is 1.84 bits per heavy atom. The molecule has 19 heavy (non-hydrogen) atoms. The molecule has 0 aromatic heterocycles. The number of anilines is 1. The summed E-state index contributed by atoms with van der Waals surface area (Å²) in [5.41, 5.74) is -0.206. The molecule has 0 unspecified atom stereocenters. The van der Waals surface area contributed by atoms with Crippen molar-refractivity contribution in [3.05, 3.63) is 29.3 Å². The molecule has 0 aliphatic carbocycles. The maximum absolute atomic E-state index is 12.2. The maximum Gasteiger partial charge on any atom is 0.329 e. The van der Waals surface area contributed by atoms with Crippen LogP contribution in [0, 0.1) is 0 Å². The summed E-state index contributed by atoms with van der Waals surface area (Å²) in [4.78, 5) is 25.9. The first-order chi connectivity index (χ1) is 9.15. The zero-order valence-electron chi connectivity index (χ0n) is 10.3. The predicted molar refractivity (Wildman–Crippen MR) is 72.3 cm³/mol. The van der Waals surface area contributed by atoms with Gasteiger partial charge >= 0.3 is 6.03 Å². The third kappa shape index (κ3) is 1.81. The number of para-hydroxylation sites is 1. The van der Waals surface area contributed by atoms with Gasteiger partial charge in [0.15, 0.2) is 0 Å². The molecule has 0 saturated carbocycles. The number of imide groups is 1. The largest absolute Gasteiger partial charge is 0.329 e. The Labute approximate surface area is 115 Å². The summed E-state index contributed by atoms with van der Waals surface area (Å²) in [6.07, 6.45) is 1.19. The van der Waals surface area contributed by atoms with Crippen LogP contribution in [-0.2, 0) is 4.79 Å². The summed E-state index contributed by atoms with van der Waals surface area (Å²) < 4.78 is 0. The van der Waals surface area contributed by atoms with E-state index >= 15 is 0 Å². The van der Waals surface area contributed by atoms with Crippen LogP contribution in [-0.4, -0.2) is 30.6 Å². The lowest BCUT2D eigenvalue weighted by Gasteiger charge is -2.38. The molecule has 0 atom stereocenters. The van der Waals surface area contributed by atoms with Crippen LogP contribution in [0.25, 0.3) is 0 Å². The van der Waals surface area contributed by atoms with E-state index in [1.54, 1.807) is 18.2 Å². The lowest BCUT2D eigenvalue weighted by Crippen LogP contribution is -2.56. The third-order valence-corrected chi connectivity index (χ3v) is 4.12. The molecular weight excluding hydrogens is 266 g/mol. The number of carbonyl (C=O) groups excluding carboxylic acids is 2. The summed E-state index contributed by atoms with van der Waals surface area (Å²) in [5.74, 6) is -0.223. The third-order valence-electron chi connectivity index (χ3n) is 3.80. The van der Waals surface area contributed by atoms with Gasteiger partial charge in [-0.15, -0.1) is 0 Å². The van der Waals surface area contributed by atoms with E-state index in [2.05, 4.69) is 10.6 Å². The van der Waals surface area contributed by atoms with Gasteiger partial charge in [0.05, 0.1) is 10.7 Å². The van der Waals surface area contributed by atoms with Crippen molar-refractivity contribution >= 4 is 29.2 Å². The van der Waals surface area contributed by atoms with Gasteiger partial charge in [-0.3, -0.25) is 15.0 Å². The van der Waals surface area contributed by atoms with E-state index in [1.807, 2.05) is 6.07 Å². The summed E-state index contributed by atoms with van der Waals surface area (Å²) in [6, 6.07) is 6.72. The van der Waals surface area contributed by atoms with E-state index in [-0.39, 0.29) is 11.9 Å². The Kier molecular flexibility index (Phi) is 2.95. The van der Waals surface area contributed by atoms with Crippen molar-refractivity contribution in [3.8, 4) is 0 Å². The monoisotopic (exact) mass is 279 g/mol. The molecular formula is C13H14ClN3O2. The van der Waals surface area contributed by atoms with Crippen LogP contribution in [0.1, 0.15) is 12.8 Å². The highest BCUT2D eigenvalue weighted by Crippen LogP contribution is 2.38. The van der Waals surface area contributed by atoms with Crippen LogP contribution in [0.3, 0.4) is 0 Å². The van der Waals surface area contributed by atoms with Crippen LogP contribution in [0.15, 0.2) is 24.3 Å². The van der Waals surface area contributed by atoms with Crippen LogP contribution < -0.4 is 15.5 Å². The van der Waals surface area contributed by atoms with E-state index in [0.29, 0.717) is 36.6 Å². The van der Waals surface area contributed by atoms with Gasteiger partial charge in [-0.1, -0.05) is 23.7 Å². The fourth-order valence-electron chi connectivity index (χ4n) is 2.83. The first-order valence-corrected chi connectivity index (χ1v) is 6.64. The standard InChI is InChI=1S/C13H14ClN3O2/c14-9-3-1-2-4-10(9)17-12(19)16-11(18)13(17)5-7-15-8-6-13/h1-4,15H,5-8H2,(H,16,18,19). The summed E-state index contributed by atoms with van der Waals surface area (Å²) in [7, 11) is 0. The average molecular weight is 280 g/mol.